The fraction of sp³-hybridized carbons (Fsp3) is 0.375. The SMILES string of the molecule is CCN(C(=O)COc1cccc(C(=O)O)c1)C1=CCCC1. The lowest BCUT2D eigenvalue weighted by atomic mass is 10.2. The second-order valence-corrected chi connectivity index (χ2v) is 4.85. The number of aromatic carboxylic acids is 1. The van der Waals surface area contributed by atoms with Gasteiger partial charge in [-0.05, 0) is 44.4 Å². The van der Waals surface area contributed by atoms with Crippen LogP contribution in [0.1, 0.15) is 36.5 Å². The Morgan fingerprint density at radius 2 is 2.19 bits per heavy atom. The molecule has 21 heavy (non-hydrogen) atoms. The Bertz CT molecular complexity index is 565. The molecule has 0 unspecified atom stereocenters. The number of rotatable bonds is 6. The zero-order valence-corrected chi connectivity index (χ0v) is 12.0. The first kappa shape index (κ1) is 15.1. The fourth-order valence-corrected chi connectivity index (χ4v) is 2.38. The summed E-state index contributed by atoms with van der Waals surface area (Å²) in [5, 5.41) is 8.92. The maximum absolute atomic E-state index is 12.2. The van der Waals surface area contributed by atoms with E-state index in [2.05, 4.69) is 6.08 Å². The number of carboxylic acid groups (broad SMARTS) is 1. The van der Waals surface area contributed by atoms with Crippen LogP contribution in [0.15, 0.2) is 36.0 Å². The predicted octanol–water partition coefficient (Wildman–Crippen LogP) is 2.68. The Balaban J connectivity index is 1.96. The minimum absolute atomic E-state index is 0.0890. The summed E-state index contributed by atoms with van der Waals surface area (Å²) in [5.41, 5.74) is 1.20. The molecule has 1 aliphatic rings. The second-order valence-electron chi connectivity index (χ2n) is 4.85. The Hall–Kier alpha value is -2.30. The highest BCUT2D eigenvalue weighted by atomic mass is 16.5. The fourth-order valence-electron chi connectivity index (χ4n) is 2.38. The average molecular weight is 289 g/mol. The number of hydrogen-bond acceptors (Lipinski definition) is 3. The lowest BCUT2D eigenvalue weighted by molar-refractivity contribution is -0.131. The molecule has 0 bridgehead atoms. The highest BCUT2D eigenvalue weighted by Crippen LogP contribution is 2.21. The number of carbonyl (C=O) groups excluding carboxylic acids is 1. The molecule has 0 saturated heterocycles. The molecule has 1 amide bonds. The zero-order chi connectivity index (χ0) is 15.2. The van der Waals surface area contributed by atoms with Gasteiger partial charge in [0.05, 0.1) is 5.56 Å². The first-order valence-corrected chi connectivity index (χ1v) is 7.07. The van der Waals surface area contributed by atoms with Crippen LogP contribution in [0.25, 0.3) is 0 Å². The molecule has 0 aromatic heterocycles. The van der Waals surface area contributed by atoms with Gasteiger partial charge in [-0.2, -0.15) is 0 Å². The third-order valence-electron chi connectivity index (χ3n) is 3.42. The summed E-state index contributed by atoms with van der Waals surface area (Å²) in [4.78, 5) is 24.8. The molecule has 1 aliphatic carbocycles. The van der Waals surface area contributed by atoms with E-state index in [-0.39, 0.29) is 18.1 Å². The first-order chi connectivity index (χ1) is 10.1. The van der Waals surface area contributed by atoms with E-state index in [9.17, 15) is 9.59 Å². The standard InChI is InChI=1S/C16H19NO4/c1-2-17(13-7-3-4-8-13)15(18)11-21-14-9-5-6-12(10-14)16(19)20/h5-7,9-10H,2-4,8,11H2,1H3,(H,19,20). The van der Waals surface area contributed by atoms with Crippen molar-refractivity contribution in [2.75, 3.05) is 13.2 Å². The van der Waals surface area contributed by atoms with Crippen LogP contribution in [-0.2, 0) is 4.79 Å². The molecule has 1 aromatic carbocycles. The van der Waals surface area contributed by atoms with Gasteiger partial charge in [-0.1, -0.05) is 12.1 Å². The van der Waals surface area contributed by atoms with Gasteiger partial charge in [0.1, 0.15) is 5.75 Å². The predicted molar refractivity (Wildman–Crippen MR) is 78.2 cm³/mol. The number of amides is 1. The van der Waals surface area contributed by atoms with E-state index in [1.807, 2.05) is 6.92 Å². The van der Waals surface area contributed by atoms with Crippen LogP contribution in [-0.4, -0.2) is 35.0 Å². The summed E-state index contributed by atoms with van der Waals surface area (Å²) in [6.45, 7) is 2.46. The van der Waals surface area contributed by atoms with Gasteiger partial charge in [0.25, 0.3) is 5.91 Å². The molecule has 0 spiro atoms. The maximum atomic E-state index is 12.2. The van der Waals surface area contributed by atoms with E-state index in [1.54, 1.807) is 17.0 Å². The number of carboxylic acids is 1. The summed E-state index contributed by atoms with van der Waals surface area (Å²) in [5.74, 6) is -0.732. The number of carbonyl (C=O) groups is 2. The Morgan fingerprint density at radius 1 is 1.38 bits per heavy atom. The van der Waals surface area contributed by atoms with Crippen molar-refractivity contribution in [1.82, 2.24) is 4.90 Å². The summed E-state index contributed by atoms with van der Waals surface area (Å²) in [6.07, 6.45) is 5.11. The molecule has 5 nitrogen and oxygen atoms in total. The number of allylic oxidation sites excluding steroid dienone is 2. The minimum atomic E-state index is -1.02. The van der Waals surface area contributed by atoms with Crippen LogP contribution in [0, 0.1) is 0 Å². The number of likely N-dealkylation sites (N-methyl/N-ethyl adjacent to an activating group) is 1. The summed E-state index contributed by atoms with van der Waals surface area (Å²) in [7, 11) is 0. The van der Waals surface area contributed by atoms with Crippen molar-refractivity contribution < 1.29 is 19.4 Å². The van der Waals surface area contributed by atoms with Crippen LogP contribution >= 0.6 is 0 Å². The molecular weight excluding hydrogens is 270 g/mol. The van der Waals surface area contributed by atoms with E-state index in [0.29, 0.717) is 12.3 Å². The molecule has 0 heterocycles. The van der Waals surface area contributed by atoms with Crippen molar-refractivity contribution in [2.24, 2.45) is 0 Å². The van der Waals surface area contributed by atoms with Crippen LogP contribution in [0.5, 0.6) is 5.75 Å². The smallest absolute Gasteiger partial charge is 0.335 e. The van der Waals surface area contributed by atoms with Gasteiger partial charge >= 0.3 is 5.97 Å². The van der Waals surface area contributed by atoms with Gasteiger partial charge in [0, 0.05) is 12.2 Å². The first-order valence-electron chi connectivity index (χ1n) is 7.07. The van der Waals surface area contributed by atoms with Gasteiger partial charge in [0.2, 0.25) is 0 Å². The number of benzene rings is 1. The van der Waals surface area contributed by atoms with Crippen LogP contribution in [0.3, 0.4) is 0 Å². The summed E-state index contributed by atoms with van der Waals surface area (Å²) >= 11 is 0. The number of hydrogen-bond donors (Lipinski definition) is 1. The van der Waals surface area contributed by atoms with Crippen molar-refractivity contribution in [2.45, 2.75) is 26.2 Å². The van der Waals surface area contributed by atoms with Gasteiger partial charge < -0.3 is 14.7 Å². The largest absolute Gasteiger partial charge is 0.484 e. The highest BCUT2D eigenvalue weighted by molar-refractivity contribution is 5.88. The summed E-state index contributed by atoms with van der Waals surface area (Å²) in [6, 6.07) is 6.14. The Kier molecular flexibility index (Phi) is 4.98. The van der Waals surface area contributed by atoms with E-state index in [4.69, 9.17) is 9.84 Å². The molecule has 112 valence electrons. The average Bonchev–Trinajstić information content (AvgIpc) is 3.00. The zero-order valence-electron chi connectivity index (χ0n) is 12.0. The molecule has 0 fully saturated rings. The minimum Gasteiger partial charge on any atom is -0.484 e. The third-order valence-corrected chi connectivity index (χ3v) is 3.42. The Morgan fingerprint density at radius 3 is 2.81 bits per heavy atom. The molecule has 5 heteroatoms. The molecule has 0 saturated carbocycles. The van der Waals surface area contributed by atoms with Gasteiger partial charge in [-0.15, -0.1) is 0 Å². The van der Waals surface area contributed by atoms with Crippen molar-refractivity contribution in [1.29, 1.82) is 0 Å². The lowest BCUT2D eigenvalue weighted by Crippen LogP contribution is -2.33. The van der Waals surface area contributed by atoms with Gasteiger partial charge in [0.15, 0.2) is 6.61 Å². The van der Waals surface area contributed by atoms with Crippen LogP contribution in [0.2, 0.25) is 0 Å². The van der Waals surface area contributed by atoms with Gasteiger partial charge in [-0.3, -0.25) is 4.79 Å². The Labute approximate surface area is 123 Å². The van der Waals surface area contributed by atoms with Gasteiger partial charge in [-0.25, -0.2) is 4.79 Å². The number of ether oxygens (including phenoxy) is 1. The van der Waals surface area contributed by atoms with E-state index < -0.39 is 5.97 Å². The highest BCUT2D eigenvalue weighted by Gasteiger charge is 2.19. The van der Waals surface area contributed by atoms with Crippen LogP contribution < -0.4 is 4.74 Å². The molecule has 0 aliphatic heterocycles. The van der Waals surface area contributed by atoms with Crippen molar-refractivity contribution in [3.8, 4) is 5.75 Å². The molecular formula is C16H19NO4. The monoisotopic (exact) mass is 289 g/mol. The molecule has 2 rings (SSSR count). The number of nitrogens with zero attached hydrogens (tertiary/aromatic N) is 1. The molecule has 0 atom stereocenters. The maximum Gasteiger partial charge on any atom is 0.335 e. The summed E-state index contributed by atoms with van der Waals surface area (Å²) < 4.78 is 5.42. The van der Waals surface area contributed by atoms with E-state index in [0.717, 1.165) is 25.0 Å². The van der Waals surface area contributed by atoms with Crippen molar-refractivity contribution in [3.63, 3.8) is 0 Å². The van der Waals surface area contributed by atoms with Crippen LogP contribution in [0.4, 0.5) is 0 Å². The van der Waals surface area contributed by atoms with Crippen molar-refractivity contribution >= 4 is 11.9 Å². The van der Waals surface area contributed by atoms with E-state index >= 15 is 0 Å². The second kappa shape index (κ2) is 6.92. The quantitative estimate of drug-likeness (QED) is 0.874. The molecule has 0 radical (unpaired) electrons. The van der Waals surface area contributed by atoms with E-state index in [1.165, 1.54) is 12.1 Å². The molecule has 1 N–H and O–H groups in total. The normalized spacial score (nSPS) is 13.7. The lowest BCUT2D eigenvalue weighted by Gasteiger charge is -2.22. The third kappa shape index (κ3) is 3.84. The molecule has 1 aromatic rings. The van der Waals surface area contributed by atoms with Crippen molar-refractivity contribution in [3.05, 3.63) is 41.6 Å². The topological polar surface area (TPSA) is 66.8 Å².